The van der Waals surface area contributed by atoms with Gasteiger partial charge in [0.05, 0.1) is 18.2 Å². The highest BCUT2D eigenvalue weighted by Gasteiger charge is 2.54. The maximum absolute atomic E-state index is 13.1. The Kier molecular flexibility index (Phi) is 4.94. The smallest absolute Gasteiger partial charge is 0.410 e. The van der Waals surface area contributed by atoms with Crippen LogP contribution in [0.4, 0.5) is 4.79 Å². The summed E-state index contributed by atoms with van der Waals surface area (Å²) >= 11 is 3.40. The fraction of sp³-hybridized carbons (Fsp3) is 0.579. The number of rotatable bonds is 2. The largest absolute Gasteiger partial charge is 0.496 e. The molecule has 1 aliphatic heterocycles. The van der Waals surface area contributed by atoms with Gasteiger partial charge in [-0.3, -0.25) is 4.79 Å². The molecule has 0 radical (unpaired) electrons. The summed E-state index contributed by atoms with van der Waals surface area (Å²) in [6.07, 6.45) is 1.49. The van der Waals surface area contributed by atoms with Crippen molar-refractivity contribution in [1.82, 2.24) is 9.80 Å². The van der Waals surface area contributed by atoms with E-state index in [1.807, 2.05) is 31.7 Å². The molecule has 1 saturated carbocycles. The van der Waals surface area contributed by atoms with Gasteiger partial charge in [-0.2, -0.15) is 0 Å². The van der Waals surface area contributed by atoms with Gasteiger partial charge in [-0.1, -0.05) is 15.9 Å². The number of nitrogens with zero attached hydrogens (tertiary/aromatic N) is 2. The Morgan fingerprint density at radius 1 is 1.19 bits per heavy atom. The molecule has 7 heteroatoms. The van der Waals surface area contributed by atoms with Crippen LogP contribution in [0.2, 0.25) is 0 Å². The molecule has 2 fully saturated rings. The molecule has 2 aliphatic rings. The summed E-state index contributed by atoms with van der Waals surface area (Å²) in [6.45, 7) is 7.07. The average molecular weight is 425 g/mol. The number of piperazine rings is 1. The van der Waals surface area contributed by atoms with Gasteiger partial charge in [0.1, 0.15) is 11.4 Å². The lowest BCUT2D eigenvalue weighted by Crippen LogP contribution is -2.58. The van der Waals surface area contributed by atoms with Gasteiger partial charge in [0.15, 0.2) is 0 Å². The molecular weight excluding hydrogens is 400 g/mol. The van der Waals surface area contributed by atoms with Gasteiger partial charge in [0.25, 0.3) is 5.91 Å². The lowest BCUT2D eigenvalue weighted by molar-refractivity contribution is 0.000560. The Hall–Kier alpha value is -1.76. The van der Waals surface area contributed by atoms with Crippen molar-refractivity contribution < 1.29 is 19.1 Å². The average Bonchev–Trinajstić information content (AvgIpc) is 3.32. The van der Waals surface area contributed by atoms with E-state index in [1.54, 1.807) is 24.1 Å². The van der Waals surface area contributed by atoms with Gasteiger partial charge in [-0.05, 0) is 51.8 Å². The molecule has 6 nitrogen and oxygen atoms in total. The minimum absolute atomic E-state index is 0.0457. The van der Waals surface area contributed by atoms with E-state index in [9.17, 15) is 9.59 Å². The Morgan fingerprint density at radius 2 is 1.88 bits per heavy atom. The van der Waals surface area contributed by atoms with Crippen molar-refractivity contribution in [3.63, 3.8) is 0 Å². The van der Waals surface area contributed by atoms with Crippen molar-refractivity contribution in [3.05, 3.63) is 28.2 Å². The van der Waals surface area contributed by atoms with Crippen molar-refractivity contribution in [2.24, 2.45) is 0 Å². The zero-order chi connectivity index (χ0) is 19.1. The normalized spacial score (nSPS) is 18.7. The van der Waals surface area contributed by atoms with Gasteiger partial charge in [0, 0.05) is 24.1 Å². The maximum Gasteiger partial charge on any atom is 0.410 e. The van der Waals surface area contributed by atoms with Crippen LogP contribution in [-0.4, -0.2) is 59.7 Å². The molecule has 26 heavy (non-hydrogen) atoms. The van der Waals surface area contributed by atoms with Crippen LogP contribution in [-0.2, 0) is 4.74 Å². The van der Waals surface area contributed by atoms with E-state index in [0.717, 1.165) is 17.3 Å². The van der Waals surface area contributed by atoms with E-state index in [-0.39, 0.29) is 17.5 Å². The predicted molar refractivity (Wildman–Crippen MR) is 102 cm³/mol. The first kappa shape index (κ1) is 19.0. The number of carbonyl (C=O) groups is 2. The number of carbonyl (C=O) groups excluding carboxylic acids is 2. The number of ether oxygens (including phenoxy) is 2. The van der Waals surface area contributed by atoms with Crippen molar-refractivity contribution in [1.29, 1.82) is 0 Å². The summed E-state index contributed by atoms with van der Waals surface area (Å²) in [5.74, 6) is 0.505. The zero-order valence-corrected chi connectivity index (χ0v) is 17.3. The van der Waals surface area contributed by atoms with E-state index >= 15 is 0 Å². The van der Waals surface area contributed by atoms with Crippen LogP contribution in [0, 0.1) is 0 Å². The monoisotopic (exact) mass is 424 g/mol. The summed E-state index contributed by atoms with van der Waals surface area (Å²) < 4.78 is 11.7. The summed E-state index contributed by atoms with van der Waals surface area (Å²) in [6, 6.07) is 5.41. The van der Waals surface area contributed by atoms with Gasteiger partial charge in [-0.25, -0.2) is 4.79 Å². The van der Waals surface area contributed by atoms with Crippen LogP contribution < -0.4 is 4.74 Å². The molecule has 1 aliphatic carbocycles. The van der Waals surface area contributed by atoms with E-state index in [2.05, 4.69) is 15.9 Å². The van der Waals surface area contributed by atoms with Gasteiger partial charge < -0.3 is 19.3 Å². The first-order valence-corrected chi connectivity index (χ1v) is 9.58. The number of methoxy groups -OCH3 is 1. The molecule has 1 saturated heterocycles. The highest BCUT2D eigenvalue weighted by atomic mass is 79.9. The van der Waals surface area contributed by atoms with Gasteiger partial charge in [-0.15, -0.1) is 0 Å². The van der Waals surface area contributed by atoms with Crippen LogP contribution in [0.1, 0.15) is 44.0 Å². The van der Waals surface area contributed by atoms with Gasteiger partial charge in [0.2, 0.25) is 0 Å². The summed E-state index contributed by atoms with van der Waals surface area (Å²) in [5.41, 5.74) is -0.247. The Labute approximate surface area is 162 Å². The second-order valence-electron chi connectivity index (χ2n) is 7.93. The number of amides is 2. The quantitative estimate of drug-likeness (QED) is 0.726. The highest BCUT2D eigenvalue weighted by molar-refractivity contribution is 9.10. The van der Waals surface area contributed by atoms with Crippen molar-refractivity contribution >= 4 is 27.9 Å². The topological polar surface area (TPSA) is 59.1 Å². The van der Waals surface area contributed by atoms with Crippen LogP contribution in [0.15, 0.2) is 22.7 Å². The first-order valence-electron chi connectivity index (χ1n) is 8.79. The number of benzene rings is 1. The molecule has 1 aromatic rings. The second-order valence-corrected chi connectivity index (χ2v) is 8.84. The van der Waals surface area contributed by atoms with E-state index in [1.165, 1.54) is 0 Å². The molecule has 3 rings (SSSR count). The van der Waals surface area contributed by atoms with Crippen molar-refractivity contribution in [2.45, 2.75) is 44.8 Å². The molecule has 2 amide bonds. The summed E-state index contributed by atoms with van der Waals surface area (Å²) in [4.78, 5) is 29.2. The molecular formula is C19H25BrN2O4. The van der Waals surface area contributed by atoms with Crippen molar-refractivity contribution in [2.75, 3.05) is 26.7 Å². The summed E-state index contributed by atoms with van der Waals surface area (Å²) in [5, 5.41) is 0. The Balaban J connectivity index is 1.76. The number of hydrogen-bond donors (Lipinski definition) is 0. The van der Waals surface area contributed by atoms with Crippen molar-refractivity contribution in [3.8, 4) is 5.75 Å². The molecule has 1 heterocycles. The molecule has 142 valence electrons. The van der Waals surface area contributed by atoms with E-state index in [0.29, 0.717) is 30.9 Å². The molecule has 0 bridgehead atoms. The lowest BCUT2D eigenvalue weighted by Gasteiger charge is -2.42. The predicted octanol–water partition coefficient (Wildman–Crippen LogP) is 3.68. The van der Waals surface area contributed by atoms with E-state index in [4.69, 9.17) is 9.47 Å². The number of hydrogen-bond acceptors (Lipinski definition) is 4. The maximum atomic E-state index is 13.1. The third kappa shape index (κ3) is 3.82. The first-order chi connectivity index (χ1) is 12.1. The van der Waals surface area contributed by atoms with Crippen LogP contribution in [0.3, 0.4) is 0 Å². The third-order valence-corrected chi connectivity index (χ3v) is 5.26. The minimum Gasteiger partial charge on any atom is -0.496 e. The van der Waals surface area contributed by atoms with Crippen LogP contribution in [0.5, 0.6) is 5.75 Å². The Bertz CT molecular complexity index is 725. The highest BCUT2D eigenvalue weighted by Crippen LogP contribution is 2.45. The van der Waals surface area contributed by atoms with Crippen LogP contribution >= 0.6 is 15.9 Å². The lowest BCUT2D eigenvalue weighted by atomic mass is 10.1. The minimum atomic E-state index is -0.522. The molecule has 0 atom stereocenters. The molecule has 1 aromatic carbocycles. The molecule has 0 aromatic heterocycles. The van der Waals surface area contributed by atoms with Gasteiger partial charge >= 0.3 is 6.09 Å². The summed E-state index contributed by atoms with van der Waals surface area (Å²) in [7, 11) is 1.56. The standard InChI is InChI=1S/C19H25BrN2O4/c1-18(2,3)26-17(24)21-9-10-22(19(12-21)7-8-19)16(23)14-6-5-13(20)11-15(14)25-4/h5-6,11H,7-10,12H2,1-4H3. The fourth-order valence-electron chi connectivity index (χ4n) is 3.34. The van der Waals surface area contributed by atoms with E-state index < -0.39 is 5.60 Å². The molecule has 1 spiro atoms. The fourth-order valence-corrected chi connectivity index (χ4v) is 3.68. The zero-order valence-electron chi connectivity index (χ0n) is 15.7. The third-order valence-electron chi connectivity index (χ3n) is 4.77. The number of halogens is 1. The SMILES string of the molecule is COc1cc(Br)ccc1C(=O)N1CCN(C(=O)OC(C)(C)C)CC12CC2. The molecule has 0 unspecified atom stereocenters. The molecule has 0 N–H and O–H groups in total. The Morgan fingerprint density at radius 3 is 2.46 bits per heavy atom. The van der Waals surface area contributed by atoms with Crippen LogP contribution in [0.25, 0.3) is 0 Å². The second kappa shape index (κ2) is 6.76.